The molecule has 0 aromatic carbocycles. The number of hydrogen-bond acceptors (Lipinski definition) is 4. The molecule has 1 atom stereocenters. The van der Waals surface area contributed by atoms with Crippen LogP contribution in [0.4, 0.5) is 5.82 Å². The Morgan fingerprint density at radius 1 is 1.64 bits per heavy atom. The van der Waals surface area contributed by atoms with Gasteiger partial charge in [-0.05, 0) is 13.0 Å². The Labute approximate surface area is 90.7 Å². The third kappa shape index (κ3) is 2.08. The molecule has 3 nitrogen and oxygen atoms in total. The molecule has 1 unspecified atom stereocenters. The number of aromatic nitrogens is 1. The Hall–Kier alpha value is -1.00. The van der Waals surface area contributed by atoms with E-state index in [0.29, 0.717) is 4.47 Å². The van der Waals surface area contributed by atoms with E-state index in [1.54, 1.807) is 12.5 Å². The summed E-state index contributed by atoms with van der Waals surface area (Å²) in [4.78, 5) is 4.10. The average molecular weight is 229 g/mol. The molecule has 0 spiro atoms. The molecule has 0 aliphatic carbocycles. The standard InChI is InChI=1S/C9H9ClN2OS/c1-6(7-2-3-13-4-7)11-8-5-14-9(10)12-8/h2-6,11H,1H3. The Morgan fingerprint density at radius 2 is 2.50 bits per heavy atom. The molecule has 0 aliphatic heterocycles. The zero-order chi connectivity index (χ0) is 9.97. The van der Waals surface area contributed by atoms with Crippen molar-refractivity contribution in [2.45, 2.75) is 13.0 Å². The third-order valence-electron chi connectivity index (χ3n) is 1.88. The van der Waals surface area contributed by atoms with Gasteiger partial charge in [0.05, 0.1) is 18.6 Å². The van der Waals surface area contributed by atoms with E-state index in [0.717, 1.165) is 11.4 Å². The molecule has 14 heavy (non-hydrogen) atoms. The Balaban J connectivity index is 2.05. The lowest BCUT2D eigenvalue weighted by atomic mass is 10.2. The minimum Gasteiger partial charge on any atom is -0.472 e. The van der Waals surface area contributed by atoms with Crippen LogP contribution in [0.15, 0.2) is 28.4 Å². The van der Waals surface area contributed by atoms with Gasteiger partial charge in [-0.15, -0.1) is 11.3 Å². The van der Waals surface area contributed by atoms with Crippen molar-refractivity contribution >= 4 is 28.8 Å². The van der Waals surface area contributed by atoms with Crippen molar-refractivity contribution in [2.75, 3.05) is 5.32 Å². The predicted molar refractivity (Wildman–Crippen MR) is 57.9 cm³/mol. The fourth-order valence-corrected chi connectivity index (χ4v) is 1.85. The van der Waals surface area contributed by atoms with Crippen molar-refractivity contribution in [2.24, 2.45) is 0 Å². The monoisotopic (exact) mass is 228 g/mol. The van der Waals surface area contributed by atoms with E-state index < -0.39 is 0 Å². The first kappa shape index (κ1) is 9.55. The van der Waals surface area contributed by atoms with E-state index in [1.807, 2.05) is 18.4 Å². The fourth-order valence-electron chi connectivity index (χ4n) is 1.14. The molecule has 0 fully saturated rings. The maximum absolute atomic E-state index is 5.72. The summed E-state index contributed by atoms with van der Waals surface area (Å²) in [6.07, 6.45) is 3.37. The zero-order valence-corrected chi connectivity index (χ0v) is 9.10. The lowest BCUT2D eigenvalue weighted by molar-refractivity contribution is 0.562. The predicted octanol–water partition coefficient (Wildman–Crippen LogP) is 3.56. The van der Waals surface area contributed by atoms with Gasteiger partial charge >= 0.3 is 0 Å². The first-order valence-corrected chi connectivity index (χ1v) is 5.41. The summed E-state index contributed by atoms with van der Waals surface area (Å²) in [5, 5.41) is 5.11. The van der Waals surface area contributed by atoms with Crippen molar-refractivity contribution < 1.29 is 4.42 Å². The minimum absolute atomic E-state index is 0.173. The molecule has 1 N–H and O–H groups in total. The highest BCUT2D eigenvalue weighted by Crippen LogP contribution is 2.23. The van der Waals surface area contributed by atoms with Crippen LogP contribution in [-0.4, -0.2) is 4.98 Å². The van der Waals surface area contributed by atoms with E-state index in [-0.39, 0.29) is 6.04 Å². The number of rotatable bonds is 3. The molecule has 74 valence electrons. The summed E-state index contributed by atoms with van der Waals surface area (Å²) in [6, 6.07) is 2.10. The molecule has 2 aromatic heterocycles. The summed E-state index contributed by atoms with van der Waals surface area (Å²) in [5.74, 6) is 0.800. The first-order valence-electron chi connectivity index (χ1n) is 4.15. The summed E-state index contributed by atoms with van der Waals surface area (Å²) in [6.45, 7) is 2.04. The summed E-state index contributed by atoms with van der Waals surface area (Å²) < 4.78 is 5.54. The second kappa shape index (κ2) is 4.02. The molecule has 0 saturated heterocycles. The smallest absolute Gasteiger partial charge is 0.185 e. The zero-order valence-electron chi connectivity index (χ0n) is 7.53. The Morgan fingerprint density at radius 3 is 3.07 bits per heavy atom. The summed E-state index contributed by atoms with van der Waals surface area (Å²) in [5.41, 5.74) is 1.09. The topological polar surface area (TPSA) is 38.1 Å². The van der Waals surface area contributed by atoms with Gasteiger partial charge in [-0.1, -0.05) is 11.6 Å². The highest BCUT2D eigenvalue weighted by molar-refractivity contribution is 7.14. The molecular formula is C9H9ClN2OS. The molecule has 0 radical (unpaired) electrons. The van der Waals surface area contributed by atoms with Crippen molar-refractivity contribution in [3.63, 3.8) is 0 Å². The Bertz CT molecular complexity index is 399. The van der Waals surface area contributed by atoms with Crippen LogP contribution in [0.5, 0.6) is 0 Å². The number of hydrogen-bond donors (Lipinski definition) is 1. The molecule has 0 saturated carbocycles. The number of thiazole rings is 1. The third-order valence-corrected chi connectivity index (χ3v) is 2.86. The molecule has 0 amide bonds. The van der Waals surface area contributed by atoms with Crippen LogP contribution in [-0.2, 0) is 0 Å². The highest BCUT2D eigenvalue weighted by Gasteiger charge is 2.07. The average Bonchev–Trinajstić information content (AvgIpc) is 2.75. The van der Waals surface area contributed by atoms with Gasteiger partial charge in [0.15, 0.2) is 4.47 Å². The molecule has 2 aromatic rings. The number of furan rings is 1. The van der Waals surface area contributed by atoms with Gasteiger partial charge in [-0.25, -0.2) is 4.98 Å². The van der Waals surface area contributed by atoms with Crippen LogP contribution in [0.1, 0.15) is 18.5 Å². The number of anilines is 1. The Kier molecular flexibility index (Phi) is 2.74. The number of nitrogens with zero attached hydrogens (tertiary/aromatic N) is 1. The van der Waals surface area contributed by atoms with Crippen molar-refractivity contribution in [1.29, 1.82) is 0 Å². The van der Waals surface area contributed by atoms with Crippen LogP contribution in [0.3, 0.4) is 0 Å². The van der Waals surface area contributed by atoms with E-state index in [9.17, 15) is 0 Å². The first-order chi connectivity index (χ1) is 6.75. The molecule has 0 aliphatic rings. The normalized spacial score (nSPS) is 12.7. The van der Waals surface area contributed by atoms with Crippen LogP contribution in [0.2, 0.25) is 4.47 Å². The maximum atomic E-state index is 5.72. The fraction of sp³-hybridized carbons (Fsp3) is 0.222. The van der Waals surface area contributed by atoms with Gasteiger partial charge in [0, 0.05) is 10.9 Å². The van der Waals surface area contributed by atoms with E-state index in [4.69, 9.17) is 16.0 Å². The largest absolute Gasteiger partial charge is 0.472 e. The van der Waals surface area contributed by atoms with Gasteiger partial charge in [0.1, 0.15) is 5.82 Å². The van der Waals surface area contributed by atoms with Gasteiger partial charge in [0.25, 0.3) is 0 Å². The summed E-state index contributed by atoms with van der Waals surface area (Å²) >= 11 is 7.13. The van der Waals surface area contributed by atoms with Crippen LogP contribution in [0.25, 0.3) is 0 Å². The van der Waals surface area contributed by atoms with E-state index in [2.05, 4.69) is 10.3 Å². The molecule has 0 bridgehead atoms. The molecule has 2 heterocycles. The van der Waals surface area contributed by atoms with Crippen molar-refractivity contribution in [3.05, 3.63) is 34.0 Å². The van der Waals surface area contributed by atoms with Crippen LogP contribution in [0, 0.1) is 0 Å². The highest BCUT2D eigenvalue weighted by atomic mass is 35.5. The number of nitrogens with one attached hydrogen (secondary N) is 1. The lowest BCUT2D eigenvalue weighted by Gasteiger charge is -2.09. The van der Waals surface area contributed by atoms with Crippen LogP contribution >= 0.6 is 22.9 Å². The second-order valence-electron chi connectivity index (χ2n) is 2.91. The lowest BCUT2D eigenvalue weighted by Crippen LogP contribution is -2.05. The van der Waals surface area contributed by atoms with Gasteiger partial charge in [-0.3, -0.25) is 0 Å². The maximum Gasteiger partial charge on any atom is 0.185 e. The van der Waals surface area contributed by atoms with Gasteiger partial charge in [-0.2, -0.15) is 0 Å². The quantitative estimate of drug-likeness (QED) is 0.873. The molecule has 5 heteroatoms. The number of halogens is 1. The van der Waals surface area contributed by atoms with Crippen molar-refractivity contribution in [3.8, 4) is 0 Å². The SMILES string of the molecule is CC(Nc1csc(Cl)n1)c1ccoc1. The van der Waals surface area contributed by atoms with E-state index in [1.165, 1.54) is 11.3 Å². The molecular weight excluding hydrogens is 220 g/mol. The summed E-state index contributed by atoms with van der Waals surface area (Å²) in [7, 11) is 0. The second-order valence-corrected chi connectivity index (χ2v) is 4.35. The van der Waals surface area contributed by atoms with Crippen LogP contribution < -0.4 is 5.32 Å². The van der Waals surface area contributed by atoms with Gasteiger partial charge in [0.2, 0.25) is 0 Å². The van der Waals surface area contributed by atoms with Gasteiger partial charge < -0.3 is 9.73 Å². The molecule has 2 rings (SSSR count). The van der Waals surface area contributed by atoms with E-state index >= 15 is 0 Å². The van der Waals surface area contributed by atoms with Crippen molar-refractivity contribution in [1.82, 2.24) is 4.98 Å². The minimum atomic E-state index is 0.173.